The van der Waals surface area contributed by atoms with Gasteiger partial charge in [-0.05, 0) is 24.1 Å². The van der Waals surface area contributed by atoms with E-state index in [4.69, 9.17) is 4.42 Å². The van der Waals surface area contributed by atoms with E-state index in [1.165, 1.54) is 11.6 Å². The molecule has 0 fully saturated rings. The maximum Gasteiger partial charge on any atom is 0.277 e. The highest BCUT2D eigenvalue weighted by Crippen LogP contribution is 2.25. The standard InChI is InChI=1S/C18H15FN2O2S/c1-2-12-7-9-13(10-8-12)16(22)11-24-18-21-20-17(23-18)14-5-3-4-6-15(14)19/h3-10H,2,11H2,1H3. The minimum absolute atomic E-state index is 0.0201. The fraction of sp³-hybridized carbons (Fsp3) is 0.167. The smallest absolute Gasteiger partial charge is 0.277 e. The molecule has 0 atom stereocenters. The van der Waals surface area contributed by atoms with Crippen LogP contribution in [-0.2, 0) is 6.42 Å². The van der Waals surface area contributed by atoms with E-state index in [0.29, 0.717) is 5.56 Å². The highest BCUT2D eigenvalue weighted by Gasteiger charge is 2.14. The lowest BCUT2D eigenvalue weighted by atomic mass is 10.1. The Morgan fingerprint density at radius 3 is 2.58 bits per heavy atom. The van der Waals surface area contributed by atoms with Crippen LogP contribution in [0.3, 0.4) is 0 Å². The van der Waals surface area contributed by atoms with E-state index in [2.05, 4.69) is 17.1 Å². The van der Waals surface area contributed by atoms with E-state index in [1.54, 1.807) is 18.2 Å². The fourth-order valence-corrected chi connectivity index (χ4v) is 2.81. The number of hydrogen-bond donors (Lipinski definition) is 0. The van der Waals surface area contributed by atoms with Gasteiger partial charge in [-0.15, -0.1) is 10.2 Å². The summed E-state index contributed by atoms with van der Waals surface area (Å²) in [5, 5.41) is 7.93. The number of ketones is 1. The van der Waals surface area contributed by atoms with Crippen LogP contribution in [0.2, 0.25) is 0 Å². The second kappa shape index (κ2) is 7.40. The van der Waals surface area contributed by atoms with Crippen molar-refractivity contribution in [2.75, 3.05) is 5.75 Å². The van der Waals surface area contributed by atoms with Crippen LogP contribution in [-0.4, -0.2) is 21.7 Å². The van der Waals surface area contributed by atoms with E-state index in [9.17, 15) is 9.18 Å². The van der Waals surface area contributed by atoms with E-state index in [0.717, 1.165) is 18.2 Å². The number of carbonyl (C=O) groups is 1. The Morgan fingerprint density at radius 2 is 1.88 bits per heavy atom. The molecule has 4 nitrogen and oxygen atoms in total. The van der Waals surface area contributed by atoms with Crippen LogP contribution in [0.15, 0.2) is 58.2 Å². The lowest BCUT2D eigenvalue weighted by molar-refractivity contribution is 0.102. The van der Waals surface area contributed by atoms with Gasteiger partial charge >= 0.3 is 0 Å². The van der Waals surface area contributed by atoms with Gasteiger partial charge in [-0.2, -0.15) is 0 Å². The first-order chi connectivity index (χ1) is 11.7. The predicted octanol–water partition coefficient (Wildman–Crippen LogP) is 4.41. The number of nitrogens with zero attached hydrogens (tertiary/aromatic N) is 2. The van der Waals surface area contributed by atoms with Crippen LogP contribution < -0.4 is 0 Å². The molecule has 0 radical (unpaired) electrons. The summed E-state index contributed by atoms with van der Waals surface area (Å²) in [7, 11) is 0. The monoisotopic (exact) mass is 342 g/mol. The minimum Gasteiger partial charge on any atom is -0.411 e. The van der Waals surface area contributed by atoms with Gasteiger partial charge in [0.05, 0.1) is 11.3 Å². The maximum absolute atomic E-state index is 13.7. The number of Topliss-reactive ketones (excluding diaryl/α,β-unsaturated/α-hetero) is 1. The SMILES string of the molecule is CCc1ccc(C(=O)CSc2nnc(-c3ccccc3F)o2)cc1. The molecule has 0 unspecified atom stereocenters. The Bertz CT molecular complexity index is 846. The fourth-order valence-electron chi connectivity index (χ4n) is 2.15. The highest BCUT2D eigenvalue weighted by atomic mass is 32.2. The van der Waals surface area contributed by atoms with E-state index >= 15 is 0 Å². The summed E-state index contributed by atoms with van der Waals surface area (Å²) < 4.78 is 19.1. The highest BCUT2D eigenvalue weighted by molar-refractivity contribution is 7.99. The molecule has 0 spiro atoms. The molecule has 3 aromatic rings. The third-order valence-electron chi connectivity index (χ3n) is 3.52. The quantitative estimate of drug-likeness (QED) is 0.490. The Morgan fingerprint density at radius 1 is 1.12 bits per heavy atom. The molecule has 1 heterocycles. The summed E-state index contributed by atoms with van der Waals surface area (Å²) in [6, 6.07) is 13.7. The lowest BCUT2D eigenvalue weighted by Crippen LogP contribution is -2.02. The number of rotatable bonds is 6. The summed E-state index contributed by atoms with van der Waals surface area (Å²) in [5.74, 6) is -0.155. The van der Waals surface area contributed by atoms with E-state index < -0.39 is 5.82 Å². The first-order valence-corrected chi connectivity index (χ1v) is 8.49. The number of aryl methyl sites for hydroxylation is 1. The Balaban J connectivity index is 1.65. The molecular weight excluding hydrogens is 327 g/mol. The van der Waals surface area contributed by atoms with Gasteiger partial charge in [0.25, 0.3) is 11.1 Å². The van der Waals surface area contributed by atoms with Gasteiger partial charge in [0.1, 0.15) is 5.82 Å². The molecule has 0 aliphatic carbocycles. The summed E-state index contributed by atoms with van der Waals surface area (Å²) in [4.78, 5) is 12.2. The van der Waals surface area contributed by atoms with Crippen molar-refractivity contribution in [3.8, 4) is 11.5 Å². The molecule has 122 valence electrons. The van der Waals surface area contributed by atoms with Crippen molar-refractivity contribution < 1.29 is 13.6 Å². The van der Waals surface area contributed by atoms with Gasteiger partial charge in [-0.3, -0.25) is 4.79 Å². The topological polar surface area (TPSA) is 56.0 Å². The predicted molar refractivity (Wildman–Crippen MR) is 90.6 cm³/mol. The Labute approximate surface area is 143 Å². The molecular formula is C18H15FN2O2S. The minimum atomic E-state index is -0.426. The van der Waals surface area contributed by atoms with Gasteiger partial charge in [0.15, 0.2) is 5.78 Å². The van der Waals surface area contributed by atoms with Crippen LogP contribution >= 0.6 is 11.8 Å². The molecule has 0 bridgehead atoms. The summed E-state index contributed by atoms with van der Waals surface area (Å²) >= 11 is 1.14. The second-order valence-corrected chi connectivity index (χ2v) is 6.04. The molecule has 2 aromatic carbocycles. The number of carbonyl (C=O) groups excluding carboxylic acids is 1. The van der Waals surface area contributed by atoms with Crippen molar-refractivity contribution in [1.29, 1.82) is 0 Å². The molecule has 3 rings (SSSR count). The number of benzene rings is 2. The van der Waals surface area contributed by atoms with Crippen molar-refractivity contribution in [1.82, 2.24) is 10.2 Å². The summed E-state index contributed by atoms with van der Waals surface area (Å²) in [6.07, 6.45) is 0.935. The molecule has 0 N–H and O–H groups in total. The molecule has 6 heteroatoms. The van der Waals surface area contributed by atoms with Crippen LogP contribution in [0.25, 0.3) is 11.5 Å². The number of thioether (sulfide) groups is 1. The zero-order chi connectivity index (χ0) is 16.9. The van der Waals surface area contributed by atoms with Crippen LogP contribution in [0.1, 0.15) is 22.8 Å². The molecule has 0 saturated heterocycles. The Hall–Kier alpha value is -2.47. The van der Waals surface area contributed by atoms with Crippen molar-refractivity contribution in [2.24, 2.45) is 0 Å². The van der Waals surface area contributed by atoms with Gasteiger partial charge < -0.3 is 4.42 Å². The van der Waals surface area contributed by atoms with Crippen LogP contribution in [0.4, 0.5) is 4.39 Å². The largest absolute Gasteiger partial charge is 0.411 e. The van der Waals surface area contributed by atoms with Crippen molar-refractivity contribution >= 4 is 17.5 Å². The van der Waals surface area contributed by atoms with Gasteiger partial charge in [0, 0.05) is 5.56 Å². The van der Waals surface area contributed by atoms with Crippen LogP contribution in [0, 0.1) is 5.82 Å². The molecule has 1 aromatic heterocycles. The normalized spacial score (nSPS) is 10.8. The van der Waals surface area contributed by atoms with Gasteiger partial charge in [-0.1, -0.05) is 55.1 Å². The zero-order valence-corrected chi connectivity index (χ0v) is 13.8. The van der Waals surface area contributed by atoms with E-state index in [1.807, 2.05) is 24.3 Å². The average molecular weight is 342 g/mol. The third-order valence-corrected chi connectivity index (χ3v) is 4.34. The maximum atomic E-state index is 13.7. The molecule has 0 aliphatic rings. The van der Waals surface area contributed by atoms with Crippen LogP contribution in [0.5, 0.6) is 0 Å². The number of halogens is 1. The number of hydrogen-bond acceptors (Lipinski definition) is 5. The zero-order valence-electron chi connectivity index (χ0n) is 13.0. The first-order valence-electron chi connectivity index (χ1n) is 7.50. The van der Waals surface area contributed by atoms with Crippen molar-refractivity contribution in [3.63, 3.8) is 0 Å². The molecule has 0 aliphatic heterocycles. The summed E-state index contributed by atoms with van der Waals surface area (Å²) in [5.41, 5.74) is 2.08. The second-order valence-electron chi connectivity index (χ2n) is 5.12. The summed E-state index contributed by atoms with van der Waals surface area (Å²) in [6.45, 7) is 2.06. The number of aromatic nitrogens is 2. The van der Waals surface area contributed by atoms with Gasteiger partial charge in [-0.25, -0.2) is 4.39 Å². The van der Waals surface area contributed by atoms with Gasteiger partial charge in [0.2, 0.25) is 0 Å². The van der Waals surface area contributed by atoms with Crippen molar-refractivity contribution in [3.05, 3.63) is 65.5 Å². The lowest BCUT2D eigenvalue weighted by Gasteiger charge is -2.01. The average Bonchev–Trinajstić information content (AvgIpc) is 3.09. The van der Waals surface area contributed by atoms with Crippen molar-refractivity contribution in [2.45, 2.75) is 18.6 Å². The molecule has 24 heavy (non-hydrogen) atoms. The Kier molecular flexibility index (Phi) is 5.05. The molecule has 0 saturated carbocycles. The third kappa shape index (κ3) is 3.71. The van der Waals surface area contributed by atoms with E-state index in [-0.39, 0.29) is 28.2 Å². The molecule has 0 amide bonds. The first kappa shape index (κ1) is 16.4.